The van der Waals surface area contributed by atoms with Crippen molar-refractivity contribution < 1.29 is 22.4 Å². The van der Waals surface area contributed by atoms with Gasteiger partial charge in [-0.05, 0) is 44.5 Å². The molecular weight excluding hydrogens is 485 g/mol. The van der Waals surface area contributed by atoms with E-state index < -0.39 is 33.3 Å². The lowest BCUT2D eigenvalue weighted by Crippen LogP contribution is -2.42. The van der Waals surface area contributed by atoms with E-state index in [-0.39, 0.29) is 31.1 Å². The Morgan fingerprint density at radius 3 is 2.58 bits per heavy atom. The van der Waals surface area contributed by atoms with Crippen LogP contribution < -0.4 is 10.6 Å². The summed E-state index contributed by atoms with van der Waals surface area (Å²) in [4.78, 5) is 32.9. The van der Waals surface area contributed by atoms with Crippen LogP contribution >= 0.6 is 0 Å². The molecule has 1 saturated carbocycles. The first-order chi connectivity index (χ1) is 17.1. The third kappa shape index (κ3) is 4.51. The normalized spacial score (nSPS) is 19.7. The molecule has 5 rings (SSSR count). The molecule has 0 radical (unpaired) electrons. The highest BCUT2D eigenvalue weighted by Gasteiger charge is 2.44. The van der Waals surface area contributed by atoms with Crippen molar-refractivity contribution in [3.8, 4) is 11.3 Å². The van der Waals surface area contributed by atoms with Crippen molar-refractivity contribution in [1.82, 2.24) is 14.3 Å². The number of benzene rings is 1. The van der Waals surface area contributed by atoms with Gasteiger partial charge >= 0.3 is 0 Å². The maximum Gasteiger partial charge on any atom is 0.231 e. The van der Waals surface area contributed by atoms with E-state index in [1.54, 1.807) is 26.0 Å². The third-order valence-electron chi connectivity index (χ3n) is 6.36. The van der Waals surface area contributed by atoms with Crippen molar-refractivity contribution in [2.24, 2.45) is 5.92 Å². The van der Waals surface area contributed by atoms with Gasteiger partial charge in [-0.1, -0.05) is 18.2 Å². The number of halogens is 1. The number of nitrogens with one attached hydrogen (secondary N) is 3. The van der Waals surface area contributed by atoms with Gasteiger partial charge in [0.2, 0.25) is 15.9 Å². The van der Waals surface area contributed by atoms with Gasteiger partial charge < -0.3 is 15.6 Å². The summed E-state index contributed by atoms with van der Waals surface area (Å²) in [5.41, 5.74) is 3.29. The van der Waals surface area contributed by atoms with Crippen molar-refractivity contribution >= 4 is 38.9 Å². The second-order valence-corrected chi connectivity index (χ2v) is 11.8. The Labute approximate surface area is 208 Å². The van der Waals surface area contributed by atoms with Crippen molar-refractivity contribution in [3.05, 3.63) is 59.9 Å². The predicted octanol–water partition coefficient (Wildman–Crippen LogP) is 3.85. The number of sulfonamides is 1. The average Bonchev–Trinajstić information content (AvgIpc) is 3.47. The highest BCUT2D eigenvalue weighted by Crippen LogP contribution is 2.39. The van der Waals surface area contributed by atoms with E-state index in [1.165, 1.54) is 10.5 Å². The number of rotatable bonds is 7. The fourth-order valence-electron chi connectivity index (χ4n) is 4.24. The number of Topliss-reactive ketones (excluding diaryl/α,β-unsaturated/α-hetero) is 1. The zero-order valence-corrected chi connectivity index (χ0v) is 20.6. The monoisotopic (exact) mass is 511 g/mol. The number of para-hydroxylation sites is 1. The number of aromatic amines is 1. The zero-order chi connectivity index (χ0) is 25.6. The van der Waals surface area contributed by atoms with E-state index in [1.807, 2.05) is 30.3 Å². The Bertz CT molecular complexity index is 1440. The van der Waals surface area contributed by atoms with E-state index in [9.17, 15) is 22.4 Å². The van der Waals surface area contributed by atoms with Gasteiger partial charge in [-0.25, -0.2) is 17.8 Å². The van der Waals surface area contributed by atoms with E-state index in [0.717, 1.165) is 5.69 Å². The average molecular weight is 512 g/mol. The maximum absolute atomic E-state index is 13.3. The van der Waals surface area contributed by atoms with Crippen LogP contribution in [0.4, 0.5) is 21.6 Å². The van der Waals surface area contributed by atoms with Gasteiger partial charge in [0.15, 0.2) is 5.78 Å². The van der Waals surface area contributed by atoms with E-state index >= 15 is 0 Å². The molecule has 9 nitrogen and oxygen atoms in total. The fourth-order valence-corrected chi connectivity index (χ4v) is 5.45. The molecule has 1 aliphatic heterocycles. The minimum atomic E-state index is -3.65. The van der Waals surface area contributed by atoms with Crippen LogP contribution in [0, 0.1) is 5.92 Å². The quantitative estimate of drug-likeness (QED) is 0.443. The molecule has 1 amide bonds. The molecule has 3 aromatic rings. The Hall–Kier alpha value is -3.57. The SMILES string of the molecule is CC(C)S(=O)(=O)N1CC(=O)c2c([nH]c(-c3ccnc(NC(=O)[C@@H]4C[C@@H]4F)c3)c2Nc2ccccc2)C1. The number of hydrogen-bond donors (Lipinski definition) is 3. The lowest BCUT2D eigenvalue weighted by atomic mass is 10.0. The number of H-pyrrole nitrogens is 1. The second kappa shape index (κ2) is 9.14. The van der Waals surface area contributed by atoms with Crippen LogP contribution in [0.3, 0.4) is 0 Å². The summed E-state index contributed by atoms with van der Waals surface area (Å²) in [5.74, 6) is -1.16. The summed E-state index contributed by atoms with van der Waals surface area (Å²) < 4.78 is 40.1. The summed E-state index contributed by atoms with van der Waals surface area (Å²) >= 11 is 0. The topological polar surface area (TPSA) is 124 Å². The second-order valence-electron chi connectivity index (χ2n) is 9.28. The van der Waals surface area contributed by atoms with Crippen molar-refractivity contribution in [1.29, 1.82) is 0 Å². The Morgan fingerprint density at radius 2 is 1.92 bits per heavy atom. The van der Waals surface area contributed by atoms with Crippen molar-refractivity contribution in [2.45, 2.75) is 38.2 Å². The zero-order valence-electron chi connectivity index (χ0n) is 19.8. The molecule has 3 N–H and O–H groups in total. The number of pyridine rings is 1. The highest BCUT2D eigenvalue weighted by molar-refractivity contribution is 7.89. The van der Waals surface area contributed by atoms with Gasteiger partial charge in [-0.2, -0.15) is 4.31 Å². The highest BCUT2D eigenvalue weighted by atomic mass is 32.2. The largest absolute Gasteiger partial charge is 0.355 e. The molecular formula is C25H26FN5O4S. The molecule has 0 bridgehead atoms. The van der Waals surface area contributed by atoms with Crippen LogP contribution in [0.5, 0.6) is 0 Å². The van der Waals surface area contributed by atoms with Crippen LogP contribution in [0.25, 0.3) is 11.3 Å². The molecule has 2 atom stereocenters. The van der Waals surface area contributed by atoms with Crippen molar-refractivity contribution in [3.63, 3.8) is 0 Å². The molecule has 11 heteroatoms. The number of alkyl halides is 1. The molecule has 188 valence electrons. The number of carbonyl (C=O) groups is 2. The molecule has 3 heterocycles. The first kappa shape index (κ1) is 24.1. The maximum atomic E-state index is 13.3. The number of carbonyl (C=O) groups excluding carboxylic acids is 2. The number of fused-ring (bicyclic) bond motifs is 1. The van der Waals surface area contributed by atoms with Gasteiger partial charge in [0.05, 0.1) is 41.2 Å². The van der Waals surface area contributed by atoms with Crippen LogP contribution in [-0.2, 0) is 21.4 Å². The van der Waals surface area contributed by atoms with Gasteiger partial charge in [0, 0.05) is 23.1 Å². The Balaban J connectivity index is 1.56. The summed E-state index contributed by atoms with van der Waals surface area (Å²) in [7, 11) is -3.65. The molecule has 2 aromatic heterocycles. The molecule has 0 spiro atoms. The number of ketones is 1. The minimum absolute atomic E-state index is 0.0271. The van der Waals surface area contributed by atoms with Crippen LogP contribution in [0.1, 0.15) is 36.3 Å². The van der Waals surface area contributed by atoms with E-state index in [0.29, 0.717) is 28.2 Å². The molecule has 36 heavy (non-hydrogen) atoms. The third-order valence-corrected chi connectivity index (χ3v) is 8.53. The standard InChI is InChI=1S/C25H26FN5O4S/c1-14(2)36(34,35)31-12-19-22(20(32)13-31)24(28-16-6-4-3-5-7-16)23(29-19)15-8-9-27-21(10-15)30-25(33)17-11-18(17)26/h3-10,14,17-18,28-29H,11-13H2,1-2H3,(H,27,30,33)/t17-,18+/m1/s1. The smallest absolute Gasteiger partial charge is 0.231 e. The number of aromatic nitrogens is 2. The number of nitrogens with zero attached hydrogens (tertiary/aromatic N) is 2. The number of hydrogen-bond acceptors (Lipinski definition) is 6. The summed E-state index contributed by atoms with van der Waals surface area (Å²) in [5, 5.41) is 5.29. The Morgan fingerprint density at radius 1 is 1.19 bits per heavy atom. The molecule has 1 fully saturated rings. The van der Waals surface area contributed by atoms with Gasteiger partial charge in [0.1, 0.15) is 12.0 Å². The van der Waals surface area contributed by atoms with Crippen LogP contribution in [0.15, 0.2) is 48.7 Å². The Kier molecular flexibility index (Phi) is 6.13. The van der Waals surface area contributed by atoms with Crippen molar-refractivity contribution in [2.75, 3.05) is 17.2 Å². The first-order valence-corrected chi connectivity index (χ1v) is 13.2. The molecule has 0 unspecified atom stereocenters. The molecule has 1 aromatic carbocycles. The summed E-state index contributed by atoms with van der Waals surface area (Å²) in [6.07, 6.45) is 0.590. The van der Waals surface area contributed by atoms with Gasteiger partial charge in [0.25, 0.3) is 0 Å². The molecule has 1 aliphatic carbocycles. The number of amides is 1. The van der Waals surface area contributed by atoms with Gasteiger partial charge in [-0.15, -0.1) is 0 Å². The van der Waals surface area contributed by atoms with Gasteiger partial charge in [-0.3, -0.25) is 9.59 Å². The molecule has 2 aliphatic rings. The fraction of sp³-hybridized carbons (Fsp3) is 0.320. The lowest BCUT2D eigenvalue weighted by Gasteiger charge is -2.27. The van der Waals surface area contributed by atoms with Crippen LogP contribution in [0.2, 0.25) is 0 Å². The predicted molar refractivity (Wildman–Crippen MR) is 134 cm³/mol. The first-order valence-electron chi connectivity index (χ1n) is 11.7. The summed E-state index contributed by atoms with van der Waals surface area (Å²) in [6.45, 7) is 2.94. The van der Waals surface area contributed by atoms with E-state index in [2.05, 4.69) is 20.6 Å². The van der Waals surface area contributed by atoms with E-state index in [4.69, 9.17) is 0 Å². The summed E-state index contributed by atoms with van der Waals surface area (Å²) in [6, 6.07) is 12.6. The molecule has 0 saturated heterocycles. The van der Waals surface area contributed by atoms with Crippen LogP contribution in [-0.4, -0.2) is 52.3 Å². The lowest BCUT2D eigenvalue weighted by molar-refractivity contribution is -0.117. The minimum Gasteiger partial charge on any atom is -0.355 e. The number of anilines is 3.